The van der Waals surface area contributed by atoms with Gasteiger partial charge in [-0.05, 0) is 47.7 Å². The van der Waals surface area contributed by atoms with Crippen LogP contribution in [0.2, 0.25) is 0 Å². The first-order chi connectivity index (χ1) is 20.2. The van der Waals surface area contributed by atoms with E-state index in [4.69, 9.17) is 10.5 Å². The molecular formula is C34H49N5O2. The summed E-state index contributed by atoms with van der Waals surface area (Å²) < 4.78 is 7.86. The van der Waals surface area contributed by atoms with Gasteiger partial charge >= 0.3 is 0 Å². The van der Waals surface area contributed by atoms with Crippen LogP contribution >= 0.6 is 0 Å². The zero-order chi connectivity index (χ0) is 28.7. The summed E-state index contributed by atoms with van der Waals surface area (Å²) in [6.45, 7) is 3.85. The Morgan fingerprint density at radius 2 is 1.39 bits per heavy atom. The number of nitrogens with one attached hydrogen (secondary N) is 1. The molecule has 0 aliphatic carbocycles. The molecule has 0 aliphatic rings. The molecule has 3 N–H and O–H groups in total. The van der Waals surface area contributed by atoms with E-state index in [2.05, 4.69) is 52.2 Å². The molecular weight excluding hydrogens is 510 g/mol. The Kier molecular flexibility index (Phi) is 12.7. The average molecular weight is 560 g/mol. The highest BCUT2D eigenvalue weighted by molar-refractivity contribution is 5.86. The zero-order valence-corrected chi connectivity index (χ0v) is 25.0. The number of H-pyrrole nitrogens is 1. The summed E-state index contributed by atoms with van der Waals surface area (Å²) in [5.41, 5.74) is 8.41. The van der Waals surface area contributed by atoms with E-state index >= 15 is 0 Å². The van der Waals surface area contributed by atoms with Gasteiger partial charge in [0.15, 0.2) is 11.2 Å². The highest BCUT2D eigenvalue weighted by Crippen LogP contribution is 2.26. The molecule has 41 heavy (non-hydrogen) atoms. The van der Waals surface area contributed by atoms with Crippen LogP contribution in [-0.2, 0) is 11.2 Å². The largest absolute Gasteiger partial charge is 0.381 e. The minimum atomic E-state index is -0.328. The molecule has 0 spiro atoms. The molecule has 2 aromatic heterocycles. The number of nitrogens with two attached hydrogens (primary N) is 1. The zero-order valence-electron chi connectivity index (χ0n) is 25.0. The van der Waals surface area contributed by atoms with Crippen LogP contribution in [0.25, 0.3) is 27.6 Å². The normalized spacial score (nSPS) is 11.6. The predicted molar refractivity (Wildman–Crippen MR) is 171 cm³/mol. The van der Waals surface area contributed by atoms with Crippen LogP contribution in [0.5, 0.6) is 0 Å². The van der Waals surface area contributed by atoms with E-state index in [0.717, 1.165) is 43.5 Å². The van der Waals surface area contributed by atoms with E-state index in [9.17, 15) is 4.79 Å². The number of fused-ring (bicyclic) bond motifs is 2. The fourth-order valence-corrected chi connectivity index (χ4v) is 5.67. The Balaban J connectivity index is 1.16. The molecule has 2 heterocycles. The van der Waals surface area contributed by atoms with Gasteiger partial charge in [0.25, 0.3) is 5.56 Å². The van der Waals surface area contributed by atoms with E-state index in [1.807, 2.05) is 10.6 Å². The van der Waals surface area contributed by atoms with Crippen molar-refractivity contribution < 1.29 is 4.74 Å². The summed E-state index contributed by atoms with van der Waals surface area (Å²) >= 11 is 0. The van der Waals surface area contributed by atoms with Crippen LogP contribution in [0.1, 0.15) is 109 Å². The molecule has 0 atom stereocenters. The highest BCUT2D eigenvalue weighted by atomic mass is 16.5. The topological polar surface area (TPSA) is 98.8 Å². The van der Waals surface area contributed by atoms with E-state index in [-0.39, 0.29) is 17.0 Å². The Morgan fingerprint density at radius 1 is 0.805 bits per heavy atom. The van der Waals surface area contributed by atoms with Crippen molar-refractivity contribution in [3.05, 3.63) is 58.6 Å². The first-order valence-electron chi connectivity index (χ1n) is 16.0. The molecule has 7 nitrogen and oxygen atoms in total. The van der Waals surface area contributed by atoms with Crippen molar-refractivity contribution in [2.24, 2.45) is 0 Å². The standard InChI is InChI=1S/C34H49N5O2/c1-2-3-4-5-6-7-8-9-10-11-12-13-14-17-22-41-23-18-21-29-24-27-19-15-16-20-28(27)25-30(29)39-26-36-31-32(39)37-34(35)38-33(31)40/h15-16,19-20,24-26H,2-14,17-18,21-23H2,1H3,(H3,35,37,38,40). The minimum Gasteiger partial charge on any atom is -0.381 e. The fourth-order valence-electron chi connectivity index (χ4n) is 5.67. The second-order valence-corrected chi connectivity index (χ2v) is 11.4. The van der Waals surface area contributed by atoms with E-state index in [1.165, 1.54) is 94.4 Å². The number of hydrogen-bond donors (Lipinski definition) is 2. The van der Waals surface area contributed by atoms with Gasteiger partial charge in [-0.2, -0.15) is 4.98 Å². The van der Waals surface area contributed by atoms with Crippen LogP contribution in [0.15, 0.2) is 47.5 Å². The number of imidazole rings is 1. The summed E-state index contributed by atoms with van der Waals surface area (Å²) in [6.07, 6.45) is 22.6. The third-order valence-electron chi connectivity index (χ3n) is 8.01. The number of ether oxygens (including phenoxy) is 1. The molecule has 0 fully saturated rings. The monoisotopic (exact) mass is 559 g/mol. The van der Waals surface area contributed by atoms with Crippen LogP contribution in [0.3, 0.4) is 0 Å². The lowest BCUT2D eigenvalue weighted by atomic mass is 10.0. The lowest BCUT2D eigenvalue weighted by molar-refractivity contribution is 0.127. The number of anilines is 1. The van der Waals surface area contributed by atoms with Gasteiger partial charge in [-0.1, -0.05) is 115 Å². The van der Waals surface area contributed by atoms with Crippen LogP contribution < -0.4 is 11.3 Å². The molecule has 0 aliphatic heterocycles. The summed E-state index contributed by atoms with van der Waals surface area (Å²) in [4.78, 5) is 23.6. The molecule has 0 radical (unpaired) electrons. The lowest BCUT2D eigenvalue weighted by Gasteiger charge is -2.13. The van der Waals surface area contributed by atoms with Gasteiger partial charge in [0, 0.05) is 13.2 Å². The van der Waals surface area contributed by atoms with Crippen LogP contribution in [0.4, 0.5) is 5.95 Å². The Hall–Kier alpha value is -3.19. The predicted octanol–water partition coefficient (Wildman–Crippen LogP) is 8.27. The van der Waals surface area contributed by atoms with E-state index in [1.54, 1.807) is 6.33 Å². The number of aryl methyl sites for hydroxylation is 1. The molecule has 7 heteroatoms. The summed E-state index contributed by atoms with van der Waals surface area (Å²) in [6, 6.07) is 12.7. The average Bonchev–Trinajstić information content (AvgIpc) is 3.40. The Morgan fingerprint density at radius 3 is 2.05 bits per heavy atom. The smallest absolute Gasteiger partial charge is 0.280 e. The molecule has 4 aromatic rings. The SMILES string of the molecule is CCCCCCCCCCCCCCCCOCCCc1cc2ccccc2cc1-n1cnc2c(=O)[nH]c(N)nc21. The maximum atomic E-state index is 12.3. The van der Waals surface area contributed by atoms with Crippen molar-refractivity contribution in [3.8, 4) is 5.69 Å². The van der Waals surface area contributed by atoms with Gasteiger partial charge in [-0.25, -0.2) is 4.98 Å². The van der Waals surface area contributed by atoms with Gasteiger partial charge < -0.3 is 10.5 Å². The summed E-state index contributed by atoms with van der Waals surface area (Å²) in [5.74, 6) is 0.0866. The minimum absolute atomic E-state index is 0.0866. The van der Waals surface area contributed by atoms with Crippen molar-refractivity contribution in [3.63, 3.8) is 0 Å². The molecule has 0 bridgehead atoms. The van der Waals surface area contributed by atoms with Gasteiger partial charge in [0.2, 0.25) is 5.95 Å². The number of hydrogen-bond acceptors (Lipinski definition) is 5. The summed E-state index contributed by atoms with van der Waals surface area (Å²) in [7, 11) is 0. The number of aromatic nitrogens is 4. The Labute approximate surface area is 244 Å². The van der Waals surface area contributed by atoms with E-state index < -0.39 is 0 Å². The first-order valence-corrected chi connectivity index (χ1v) is 16.0. The van der Waals surface area contributed by atoms with Crippen LogP contribution in [0, 0.1) is 0 Å². The number of unbranched alkanes of at least 4 members (excludes halogenated alkanes) is 13. The van der Waals surface area contributed by atoms with Gasteiger partial charge in [0.05, 0.1) is 5.69 Å². The molecule has 0 saturated heterocycles. The molecule has 0 unspecified atom stereocenters. The molecule has 0 saturated carbocycles. The van der Waals surface area contributed by atoms with Crippen LogP contribution in [-0.4, -0.2) is 32.7 Å². The molecule has 4 rings (SSSR count). The molecule has 2 aromatic carbocycles. The van der Waals surface area contributed by atoms with Gasteiger partial charge in [0.1, 0.15) is 6.33 Å². The number of benzene rings is 2. The number of rotatable bonds is 20. The number of nitrogen functional groups attached to an aromatic ring is 1. The second-order valence-electron chi connectivity index (χ2n) is 11.4. The van der Waals surface area contributed by atoms with Crippen molar-refractivity contribution in [1.82, 2.24) is 19.5 Å². The van der Waals surface area contributed by atoms with Crippen molar-refractivity contribution in [2.75, 3.05) is 18.9 Å². The third-order valence-corrected chi connectivity index (χ3v) is 8.01. The van der Waals surface area contributed by atoms with E-state index in [0.29, 0.717) is 5.65 Å². The van der Waals surface area contributed by atoms with Gasteiger partial charge in [-0.3, -0.25) is 14.3 Å². The maximum Gasteiger partial charge on any atom is 0.280 e. The van der Waals surface area contributed by atoms with Crippen molar-refractivity contribution in [1.29, 1.82) is 0 Å². The molecule has 222 valence electrons. The van der Waals surface area contributed by atoms with Crippen molar-refractivity contribution in [2.45, 2.75) is 110 Å². The molecule has 0 amide bonds. The Bertz CT molecular complexity index is 1390. The van der Waals surface area contributed by atoms with Crippen molar-refractivity contribution >= 4 is 27.9 Å². The second kappa shape index (κ2) is 16.9. The first kappa shape index (κ1) is 30.8. The maximum absolute atomic E-state index is 12.3. The third kappa shape index (κ3) is 9.42. The number of nitrogens with zero attached hydrogens (tertiary/aromatic N) is 3. The summed E-state index contributed by atoms with van der Waals surface area (Å²) in [5, 5.41) is 2.31. The number of aromatic amines is 1. The highest BCUT2D eigenvalue weighted by Gasteiger charge is 2.14. The lowest BCUT2D eigenvalue weighted by Crippen LogP contribution is -2.12. The fraction of sp³-hybridized carbons (Fsp3) is 0.559. The van der Waals surface area contributed by atoms with Gasteiger partial charge in [-0.15, -0.1) is 0 Å². The quantitative estimate of drug-likeness (QED) is 0.106.